The fraction of sp³-hybridized carbons (Fsp3) is 0.222. The van der Waals surface area contributed by atoms with E-state index in [1.165, 1.54) is 0 Å². The zero-order valence-corrected chi connectivity index (χ0v) is 14.0. The molecule has 2 heterocycles. The van der Waals surface area contributed by atoms with E-state index in [1.54, 1.807) is 10.9 Å². The van der Waals surface area contributed by atoms with Crippen LogP contribution in [0.4, 0.5) is 10.5 Å². The van der Waals surface area contributed by atoms with Crippen molar-refractivity contribution in [2.75, 3.05) is 5.32 Å². The molecule has 2 aromatic heterocycles. The molecule has 6 heteroatoms. The monoisotopic (exact) mass is 323 g/mol. The second-order valence-electron chi connectivity index (χ2n) is 5.77. The molecule has 0 fully saturated rings. The third-order valence-corrected chi connectivity index (χ3v) is 4.09. The number of nitrogens with one attached hydrogen (secondary N) is 2. The topological polar surface area (TPSA) is 63.9 Å². The van der Waals surface area contributed by atoms with Crippen LogP contribution < -0.4 is 10.6 Å². The van der Waals surface area contributed by atoms with Gasteiger partial charge in [-0.2, -0.15) is 5.10 Å². The van der Waals surface area contributed by atoms with Gasteiger partial charge >= 0.3 is 6.03 Å². The van der Waals surface area contributed by atoms with Crippen LogP contribution >= 0.6 is 0 Å². The van der Waals surface area contributed by atoms with Crippen molar-refractivity contribution in [3.05, 3.63) is 66.2 Å². The second kappa shape index (κ2) is 6.62. The van der Waals surface area contributed by atoms with Gasteiger partial charge in [0.1, 0.15) is 0 Å². The van der Waals surface area contributed by atoms with E-state index < -0.39 is 0 Å². The lowest BCUT2D eigenvalue weighted by Crippen LogP contribution is -2.31. The second-order valence-corrected chi connectivity index (χ2v) is 5.77. The predicted octanol–water partition coefficient (Wildman–Crippen LogP) is 3.40. The van der Waals surface area contributed by atoms with Crippen LogP contribution in [0.3, 0.4) is 0 Å². The van der Waals surface area contributed by atoms with E-state index in [1.807, 2.05) is 74.3 Å². The summed E-state index contributed by atoms with van der Waals surface area (Å²) >= 11 is 0. The highest BCUT2D eigenvalue weighted by Crippen LogP contribution is 2.17. The van der Waals surface area contributed by atoms with Crippen LogP contribution in [0.2, 0.25) is 0 Å². The average molecular weight is 323 g/mol. The number of nitrogens with zero attached hydrogens (tertiary/aromatic N) is 3. The number of carbonyl (C=O) groups is 1. The van der Waals surface area contributed by atoms with Gasteiger partial charge in [-0.1, -0.05) is 6.07 Å². The van der Waals surface area contributed by atoms with Crippen LogP contribution in [0.25, 0.3) is 5.69 Å². The predicted molar refractivity (Wildman–Crippen MR) is 94.3 cm³/mol. The Morgan fingerprint density at radius 3 is 2.62 bits per heavy atom. The first-order chi connectivity index (χ1) is 11.5. The van der Waals surface area contributed by atoms with E-state index in [9.17, 15) is 4.79 Å². The van der Waals surface area contributed by atoms with Crippen LogP contribution in [0, 0.1) is 6.92 Å². The molecule has 0 aliphatic rings. The van der Waals surface area contributed by atoms with Crippen LogP contribution in [0.5, 0.6) is 0 Å². The first kappa shape index (κ1) is 15.9. The molecule has 2 N–H and O–H groups in total. The summed E-state index contributed by atoms with van der Waals surface area (Å²) < 4.78 is 3.79. The number of anilines is 1. The Morgan fingerprint density at radius 1 is 1.21 bits per heavy atom. The zero-order valence-electron chi connectivity index (χ0n) is 14.0. The Labute approximate surface area is 141 Å². The molecule has 0 unspecified atom stereocenters. The Hall–Kier alpha value is -3.02. The molecule has 1 aromatic carbocycles. The molecule has 0 aliphatic carbocycles. The molecule has 6 nitrogen and oxygen atoms in total. The molecule has 3 aromatic rings. The molecule has 24 heavy (non-hydrogen) atoms. The number of aryl methyl sites for hydroxylation is 1. The van der Waals surface area contributed by atoms with Crippen molar-refractivity contribution in [2.45, 2.75) is 19.9 Å². The smallest absolute Gasteiger partial charge is 0.319 e. The van der Waals surface area contributed by atoms with Gasteiger partial charge in [-0.3, -0.25) is 4.68 Å². The molecule has 0 bridgehead atoms. The standard InChI is InChI=1S/C18H21N5O/c1-13(17-12-19-22(3)14(17)2)20-18(24)21-15-7-6-8-16(11-15)23-9-4-5-10-23/h4-13H,1-3H3,(H2,20,21,24)/t13-/m0/s1. The van der Waals surface area contributed by atoms with E-state index in [4.69, 9.17) is 0 Å². The lowest BCUT2D eigenvalue weighted by Gasteiger charge is -2.15. The Morgan fingerprint density at radius 2 is 1.96 bits per heavy atom. The van der Waals surface area contributed by atoms with Crippen LogP contribution in [-0.2, 0) is 7.05 Å². The Kier molecular flexibility index (Phi) is 4.37. The maximum Gasteiger partial charge on any atom is 0.319 e. The highest BCUT2D eigenvalue weighted by atomic mass is 16.2. The van der Waals surface area contributed by atoms with Crippen molar-refractivity contribution < 1.29 is 4.79 Å². The van der Waals surface area contributed by atoms with Crippen LogP contribution in [-0.4, -0.2) is 20.4 Å². The number of hydrogen-bond acceptors (Lipinski definition) is 2. The van der Waals surface area contributed by atoms with Crippen molar-refractivity contribution >= 4 is 11.7 Å². The van der Waals surface area contributed by atoms with Crippen molar-refractivity contribution in [1.82, 2.24) is 19.7 Å². The third kappa shape index (κ3) is 3.32. The largest absolute Gasteiger partial charge is 0.331 e. The molecule has 0 saturated heterocycles. The van der Waals surface area contributed by atoms with E-state index in [0.29, 0.717) is 0 Å². The van der Waals surface area contributed by atoms with E-state index in [0.717, 1.165) is 22.6 Å². The van der Waals surface area contributed by atoms with Gasteiger partial charge < -0.3 is 15.2 Å². The fourth-order valence-electron chi connectivity index (χ4n) is 2.63. The summed E-state index contributed by atoms with van der Waals surface area (Å²) in [6.45, 7) is 3.93. The van der Waals surface area contributed by atoms with Crippen molar-refractivity contribution in [2.24, 2.45) is 7.05 Å². The number of amides is 2. The van der Waals surface area contributed by atoms with Gasteiger partial charge in [-0.15, -0.1) is 0 Å². The highest BCUT2D eigenvalue weighted by Gasteiger charge is 2.14. The zero-order chi connectivity index (χ0) is 17.1. The van der Waals surface area contributed by atoms with E-state index in [2.05, 4.69) is 15.7 Å². The molecule has 124 valence electrons. The minimum Gasteiger partial charge on any atom is -0.331 e. The van der Waals surface area contributed by atoms with Crippen molar-refractivity contribution in [3.8, 4) is 5.69 Å². The summed E-state index contributed by atoms with van der Waals surface area (Å²) in [5, 5.41) is 10.0. The van der Waals surface area contributed by atoms with E-state index >= 15 is 0 Å². The number of hydrogen-bond donors (Lipinski definition) is 2. The molecular weight excluding hydrogens is 302 g/mol. The summed E-state index contributed by atoms with van der Waals surface area (Å²) in [7, 11) is 1.89. The molecule has 0 radical (unpaired) electrons. The van der Waals surface area contributed by atoms with Gasteiger partial charge in [0.25, 0.3) is 0 Å². The number of aromatic nitrogens is 3. The molecule has 1 atom stereocenters. The van der Waals surface area contributed by atoms with E-state index in [-0.39, 0.29) is 12.1 Å². The van der Waals surface area contributed by atoms with Gasteiger partial charge in [0, 0.05) is 42.1 Å². The maximum absolute atomic E-state index is 12.3. The number of urea groups is 1. The van der Waals surface area contributed by atoms with Crippen LogP contribution in [0.1, 0.15) is 24.2 Å². The summed E-state index contributed by atoms with van der Waals surface area (Å²) in [5.74, 6) is 0. The lowest BCUT2D eigenvalue weighted by atomic mass is 10.1. The normalized spacial score (nSPS) is 12.0. The molecule has 0 aliphatic heterocycles. The minimum absolute atomic E-state index is 0.119. The molecule has 2 amide bonds. The first-order valence-corrected chi connectivity index (χ1v) is 7.84. The van der Waals surface area contributed by atoms with Gasteiger partial charge in [0.2, 0.25) is 0 Å². The average Bonchev–Trinajstić information content (AvgIpc) is 3.19. The van der Waals surface area contributed by atoms with Gasteiger partial charge in [-0.05, 0) is 44.2 Å². The summed E-state index contributed by atoms with van der Waals surface area (Å²) in [6, 6.07) is 11.3. The van der Waals surface area contributed by atoms with Gasteiger partial charge in [-0.25, -0.2) is 4.79 Å². The first-order valence-electron chi connectivity index (χ1n) is 7.84. The summed E-state index contributed by atoms with van der Waals surface area (Å²) in [4.78, 5) is 12.3. The lowest BCUT2D eigenvalue weighted by molar-refractivity contribution is 0.249. The molecule has 0 spiro atoms. The SMILES string of the molecule is Cc1c([C@H](C)NC(=O)Nc2cccc(-n3cccc3)c2)cnn1C. The number of rotatable bonds is 4. The number of benzene rings is 1. The summed E-state index contributed by atoms with van der Waals surface area (Å²) in [6.07, 6.45) is 5.71. The molecule has 0 saturated carbocycles. The van der Waals surface area contributed by atoms with Crippen LogP contribution in [0.15, 0.2) is 55.0 Å². The Balaban J connectivity index is 1.67. The van der Waals surface area contributed by atoms with Gasteiger partial charge in [0.05, 0.1) is 12.2 Å². The van der Waals surface area contributed by atoms with Crippen molar-refractivity contribution in [1.29, 1.82) is 0 Å². The Bertz CT molecular complexity index is 835. The fourth-order valence-corrected chi connectivity index (χ4v) is 2.63. The third-order valence-electron chi connectivity index (χ3n) is 4.09. The highest BCUT2D eigenvalue weighted by molar-refractivity contribution is 5.89. The quantitative estimate of drug-likeness (QED) is 0.773. The van der Waals surface area contributed by atoms with Crippen molar-refractivity contribution in [3.63, 3.8) is 0 Å². The minimum atomic E-state index is -0.240. The molecular formula is C18H21N5O. The summed E-state index contributed by atoms with van der Waals surface area (Å²) in [5.41, 5.74) is 3.79. The number of carbonyl (C=O) groups excluding carboxylic acids is 1. The maximum atomic E-state index is 12.3. The molecule has 3 rings (SSSR count). The van der Waals surface area contributed by atoms with Gasteiger partial charge in [0.15, 0.2) is 0 Å².